The summed E-state index contributed by atoms with van der Waals surface area (Å²) in [5, 5.41) is 7.08. The smallest absolute Gasteiger partial charge is 0.318 e. The van der Waals surface area contributed by atoms with Crippen LogP contribution in [0.5, 0.6) is 0 Å². The maximum atomic E-state index is 13.5. The van der Waals surface area contributed by atoms with Crippen LogP contribution in [0.2, 0.25) is 0 Å². The van der Waals surface area contributed by atoms with Crippen LogP contribution in [0.15, 0.2) is 48.5 Å². The molecule has 28 heavy (non-hydrogen) atoms. The summed E-state index contributed by atoms with van der Waals surface area (Å²) >= 11 is 0. The Labute approximate surface area is 162 Å². The Morgan fingerprint density at radius 1 is 1.18 bits per heavy atom. The van der Waals surface area contributed by atoms with Gasteiger partial charge >= 0.3 is 6.03 Å². The Kier molecular flexibility index (Phi) is 3.69. The minimum absolute atomic E-state index is 0.187. The van der Waals surface area contributed by atoms with Gasteiger partial charge in [-0.3, -0.25) is 4.79 Å². The molecule has 1 atom stereocenters. The molecule has 5 rings (SSSR count). The molecule has 1 aromatic heterocycles. The first-order valence-electron chi connectivity index (χ1n) is 9.74. The summed E-state index contributed by atoms with van der Waals surface area (Å²) < 4.78 is 0. The zero-order valence-corrected chi connectivity index (χ0v) is 15.7. The summed E-state index contributed by atoms with van der Waals surface area (Å²) in [6, 6.07) is 15.5. The zero-order valence-electron chi connectivity index (χ0n) is 15.7. The standard InChI is InChI=1S/C22H22N4O2/c1-2-12-23-21(28)26-13-11-15-14-7-3-5-9-17(14)24-19(15)22(26)16-8-4-6-10-18(16)25-20(22)27/h3-10,24H,2,11-13H2,1H3,(H,23,28)(H,25,27)/t22-/m1/s1. The van der Waals surface area contributed by atoms with E-state index in [0.29, 0.717) is 19.5 Å². The van der Waals surface area contributed by atoms with Gasteiger partial charge in [0, 0.05) is 35.2 Å². The third-order valence-electron chi connectivity index (χ3n) is 5.83. The molecule has 2 aliphatic heterocycles. The minimum atomic E-state index is -1.18. The number of rotatable bonds is 2. The van der Waals surface area contributed by atoms with Crippen LogP contribution >= 0.6 is 0 Å². The Hall–Kier alpha value is -3.28. The molecule has 3 heterocycles. The van der Waals surface area contributed by atoms with Crippen molar-refractivity contribution in [2.24, 2.45) is 0 Å². The number of carbonyl (C=O) groups is 2. The van der Waals surface area contributed by atoms with Gasteiger partial charge in [0.15, 0.2) is 5.54 Å². The van der Waals surface area contributed by atoms with Gasteiger partial charge in [-0.25, -0.2) is 4.79 Å². The zero-order chi connectivity index (χ0) is 19.3. The molecule has 3 aromatic rings. The largest absolute Gasteiger partial charge is 0.355 e. The van der Waals surface area contributed by atoms with E-state index in [0.717, 1.165) is 39.8 Å². The van der Waals surface area contributed by atoms with E-state index in [-0.39, 0.29) is 11.9 Å². The van der Waals surface area contributed by atoms with E-state index in [1.807, 2.05) is 49.4 Å². The van der Waals surface area contributed by atoms with Crippen molar-refractivity contribution >= 4 is 28.5 Å². The highest BCUT2D eigenvalue weighted by atomic mass is 16.2. The van der Waals surface area contributed by atoms with E-state index in [4.69, 9.17) is 0 Å². The topological polar surface area (TPSA) is 77.2 Å². The van der Waals surface area contributed by atoms with Crippen molar-refractivity contribution in [2.75, 3.05) is 18.4 Å². The van der Waals surface area contributed by atoms with Gasteiger partial charge in [-0.2, -0.15) is 0 Å². The predicted molar refractivity (Wildman–Crippen MR) is 108 cm³/mol. The lowest BCUT2D eigenvalue weighted by Crippen LogP contribution is -2.60. The van der Waals surface area contributed by atoms with Crippen LogP contribution in [-0.4, -0.2) is 34.9 Å². The van der Waals surface area contributed by atoms with Gasteiger partial charge in [-0.1, -0.05) is 43.3 Å². The summed E-state index contributed by atoms with van der Waals surface area (Å²) in [5.74, 6) is -0.187. The second-order valence-electron chi connectivity index (χ2n) is 7.37. The van der Waals surface area contributed by atoms with Crippen LogP contribution in [0.25, 0.3) is 10.9 Å². The van der Waals surface area contributed by atoms with E-state index < -0.39 is 5.54 Å². The Bertz CT molecular complexity index is 1100. The molecule has 0 saturated carbocycles. The fourth-order valence-corrected chi connectivity index (χ4v) is 4.63. The molecule has 1 spiro atoms. The van der Waals surface area contributed by atoms with E-state index >= 15 is 0 Å². The number of benzene rings is 2. The number of hydrogen-bond acceptors (Lipinski definition) is 2. The van der Waals surface area contributed by atoms with E-state index in [1.54, 1.807) is 4.90 Å². The van der Waals surface area contributed by atoms with Crippen molar-refractivity contribution in [1.82, 2.24) is 15.2 Å². The fraction of sp³-hybridized carbons (Fsp3) is 0.273. The molecule has 6 nitrogen and oxygen atoms in total. The number of fused-ring (bicyclic) bond motifs is 6. The lowest BCUT2D eigenvalue weighted by atomic mass is 9.80. The first-order valence-corrected chi connectivity index (χ1v) is 9.74. The van der Waals surface area contributed by atoms with Gasteiger partial charge in [0.25, 0.3) is 5.91 Å². The first kappa shape index (κ1) is 16.9. The van der Waals surface area contributed by atoms with Crippen LogP contribution in [0, 0.1) is 0 Å². The van der Waals surface area contributed by atoms with E-state index in [2.05, 4.69) is 21.7 Å². The second-order valence-corrected chi connectivity index (χ2v) is 7.37. The SMILES string of the molecule is CCCNC(=O)N1CCc2c([nH]c3ccccc23)[C@]12C(=O)Nc1ccccc12. The van der Waals surface area contributed by atoms with E-state index in [9.17, 15) is 9.59 Å². The number of nitrogens with one attached hydrogen (secondary N) is 3. The third-order valence-corrected chi connectivity index (χ3v) is 5.83. The summed E-state index contributed by atoms with van der Waals surface area (Å²) in [5.41, 5.74) is 3.29. The molecular formula is C22H22N4O2. The molecule has 3 amide bonds. The van der Waals surface area contributed by atoms with Crippen molar-refractivity contribution in [3.63, 3.8) is 0 Å². The van der Waals surface area contributed by atoms with Gasteiger partial charge in [0.2, 0.25) is 0 Å². The van der Waals surface area contributed by atoms with Crippen molar-refractivity contribution in [1.29, 1.82) is 0 Å². The monoisotopic (exact) mass is 374 g/mol. The number of H-pyrrole nitrogens is 1. The van der Waals surface area contributed by atoms with Gasteiger partial charge in [-0.15, -0.1) is 0 Å². The van der Waals surface area contributed by atoms with E-state index in [1.165, 1.54) is 0 Å². The summed E-state index contributed by atoms with van der Waals surface area (Å²) in [7, 11) is 0. The molecule has 2 aliphatic rings. The van der Waals surface area contributed by atoms with Gasteiger partial charge in [0.1, 0.15) is 0 Å². The second kappa shape index (κ2) is 6.12. The molecular weight excluding hydrogens is 352 g/mol. The van der Waals surface area contributed by atoms with Crippen LogP contribution in [-0.2, 0) is 16.8 Å². The van der Waals surface area contributed by atoms with Gasteiger partial charge < -0.3 is 20.5 Å². The number of carbonyl (C=O) groups excluding carboxylic acids is 2. The average molecular weight is 374 g/mol. The quantitative estimate of drug-likeness (QED) is 0.643. The number of urea groups is 1. The normalized spacial score (nSPS) is 20.2. The third kappa shape index (κ3) is 2.08. The molecule has 0 unspecified atom stereocenters. The average Bonchev–Trinajstić information content (AvgIpc) is 3.23. The summed E-state index contributed by atoms with van der Waals surface area (Å²) in [6.07, 6.45) is 1.54. The summed E-state index contributed by atoms with van der Waals surface area (Å²) in [4.78, 5) is 31.8. The van der Waals surface area contributed by atoms with Crippen LogP contribution in [0.1, 0.15) is 30.2 Å². The lowest BCUT2D eigenvalue weighted by molar-refractivity contribution is -0.124. The molecule has 0 radical (unpaired) electrons. The molecule has 6 heteroatoms. The van der Waals surface area contributed by atoms with Gasteiger partial charge in [0.05, 0.1) is 5.69 Å². The highest BCUT2D eigenvalue weighted by molar-refractivity contribution is 6.11. The number of amides is 3. The van der Waals surface area contributed by atoms with Crippen molar-refractivity contribution in [3.8, 4) is 0 Å². The maximum Gasteiger partial charge on any atom is 0.318 e. The number of hydrogen-bond donors (Lipinski definition) is 3. The van der Waals surface area contributed by atoms with Gasteiger partial charge in [-0.05, 0) is 30.5 Å². The highest BCUT2D eigenvalue weighted by Gasteiger charge is 2.58. The van der Waals surface area contributed by atoms with Crippen LogP contribution in [0.4, 0.5) is 10.5 Å². The Morgan fingerprint density at radius 3 is 2.82 bits per heavy atom. The van der Waals surface area contributed by atoms with Crippen molar-refractivity contribution in [3.05, 3.63) is 65.4 Å². The number of para-hydroxylation sites is 2. The molecule has 0 aliphatic carbocycles. The number of anilines is 1. The van der Waals surface area contributed by atoms with Crippen molar-refractivity contribution in [2.45, 2.75) is 25.3 Å². The van der Waals surface area contributed by atoms with Crippen molar-refractivity contribution < 1.29 is 9.59 Å². The molecule has 2 aromatic carbocycles. The highest BCUT2D eigenvalue weighted by Crippen LogP contribution is 2.49. The first-order chi connectivity index (χ1) is 13.7. The number of aromatic nitrogens is 1. The lowest BCUT2D eigenvalue weighted by Gasteiger charge is -2.42. The molecule has 142 valence electrons. The number of nitrogens with zero attached hydrogens (tertiary/aromatic N) is 1. The Morgan fingerprint density at radius 2 is 1.96 bits per heavy atom. The Balaban J connectivity index is 1.79. The van der Waals surface area contributed by atoms with Crippen LogP contribution < -0.4 is 10.6 Å². The maximum absolute atomic E-state index is 13.5. The summed E-state index contributed by atoms with van der Waals surface area (Å²) in [6.45, 7) is 3.07. The number of aromatic amines is 1. The molecule has 0 fully saturated rings. The molecule has 0 bridgehead atoms. The van der Waals surface area contributed by atoms with Crippen LogP contribution in [0.3, 0.4) is 0 Å². The minimum Gasteiger partial charge on any atom is -0.355 e. The predicted octanol–water partition coefficient (Wildman–Crippen LogP) is 3.34. The molecule has 3 N–H and O–H groups in total. The fourth-order valence-electron chi connectivity index (χ4n) is 4.63. The molecule has 0 saturated heterocycles.